The van der Waals surface area contributed by atoms with Gasteiger partial charge in [-0.1, -0.05) is 23.9 Å². The minimum absolute atomic E-state index is 0.0899. The van der Waals surface area contributed by atoms with E-state index in [4.69, 9.17) is 9.26 Å². The number of hydrogen-bond donors (Lipinski definition) is 0. The van der Waals surface area contributed by atoms with E-state index in [0.29, 0.717) is 27.5 Å². The molecule has 0 atom stereocenters. The maximum Gasteiger partial charge on any atom is 0.307 e. The summed E-state index contributed by atoms with van der Waals surface area (Å²) in [6.07, 6.45) is 1.80. The number of Topliss-reactive ketones (excluding diaryl/α,β-unsaturated/α-hetero) is 1. The highest BCUT2D eigenvalue weighted by molar-refractivity contribution is 7.99. The van der Waals surface area contributed by atoms with Crippen molar-refractivity contribution >= 4 is 28.4 Å². The van der Waals surface area contributed by atoms with Crippen molar-refractivity contribution in [3.8, 4) is 17.4 Å². The zero-order valence-corrected chi connectivity index (χ0v) is 17.9. The van der Waals surface area contributed by atoms with Gasteiger partial charge in [0.1, 0.15) is 5.75 Å². The fourth-order valence-corrected chi connectivity index (χ4v) is 4.39. The van der Waals surface area contributed by atoms with E-state index < -0.39 is 11.7 Å². The summed E-state index contributed by atoms with van der Waals surface area (Å²) in [5, 5.41) is 17.0. The summed E-state index contributed by atoms with van der Waals surface area (Å²) in [6, 6.07) is 13.9. The van der Waals surface area contributed by atoms with Crippen LogP contribution in [0.3, 0.4) is 0 Å². The molecule has 2 aromatic heterocycles. The normalized spacial score (nSPS) is 13.4. The van der Waals surface area contributed by atoms with E-state index in [2.05, 4.69) is 10.3 Å². The van der Waals surface area contributed by atoms with Crippen molar-refractivity contribution in [2.75, 3.05) is 12.9 Å². The van der Waals surface area contributed by atoms with Crippen LogP contribution in [0.1, 0.15) is 29.4 Å². The Kier molecular flexibility index (Phi) is 5.14. The summed E-state index contributed by atoms with van der Waals surface area (Å²) in [4.78, 5) is 30.6. The first kappa shape index (κ1) is 20.3. The highest BCUT2D eigenvalue weighted by Gasteiger charge is 2.31. The summed E-state index contributed by atoms with van der Waals surface area (Å²) in [6.45, 7) is 0. The molecule has 0 radical (unpaired) electrons. The lowest BCUT2D eigenvalue weighted by atomic mass is 10.2. The largest absolute Gasteiger partial charge is 0.539 e. The molecular weight excluding hydrogens is 432 g/mol. The van der Waals surface area contributed by atoms with Crippen molar-refractivity contribution in [2.24, 2.45) is 0 Å². The van der Waals surface area contributed by atoms with Crippen molar-refractivity contribution < 1.29 is 23.8 Å². The van der Waals surface area contributed by atoms with Crippen LogP contribution in [0.15, 0.2) is 63.0 Å². The number of ketones is 1. The molecule has 1 fully saturated rings. The van der Waals surface area contributed by atoms with Crippen LogP contribution in [0.2, 0.25) is 0 Å². The minimum atomic E-state index is -0.822. The van der Waals surface area contributed by atoms with Gasteiger partial charge in [0.25, 0.3) is 5.56 Å². The summed E-state index contributed by atoms with van der Waals surface area (Å²) in [5.41, 5.74) is 0.760. The number of hydrogen-bond acceptors (Lipinski definition) is 8. The molecular formula is C22H18N4O5S. The van der Waals surface area contributed by atoms with Gasteiger partial charge in [0.15, 0.2) is 11.1 Å². The van der Waals surface area contributed by atoms with Gasteiger partial charge in [-0.2, -0.15) is 0 Å². The zero-order valence-electron chi connectivity index (χ0n) is 17.1. The fraction of sp³-hybridized carbons (Fsp3) is 0.227. The number of benzene rings is 2. The van der Waals surface area contributed by atoms with Gasteiger partial charge in [-0.05, 0) is 41.8 Å². The molecule has 2 heterocycles. The number of nitrogens with zero attached hydrogens (tertiary/aromatic N) is 4. The summed E-state index contributed by atoms with van der Waals surface area (Å²) >= 11 is 1.13. The van der Waals surface area contributed by atoms with E-state index in [9.17, 15) is 14.7 Å². The van der Waals surface area contributed by atoms with Gasteiger partial charge in [0.05, 0.1) is 29.0 Å². The summed E-state index contributed by atoms with van der Waals surface area (Å²) < 4.78 is 12.7. The van der Waals surface area contributed by atoms with Gasteiger partial charge in [0.2, 0.25) is 11.5 Å². The van der Waals surface area contributed by atoms with Crippen LogP contribution in [-0.4, -0.2) is 33.5 Å². The molecule has 2 aromatic carbocycles. The van der Waals surface area contributed by atoms with Crippen LogP contribution in [0.4, 0.5) is 0 Å². The van der Waals surface area contributed by atoms with Gasteiger partial charge in [0, 0.05) is 18.2 Å². The first-order valence-corrected chi connectivity index (χ1v) is 11.0. The van der Waals surface area contributed by atoms with E-state index in [1.807, 2.05) is 6.07 Å². The highest BCUT2D eigenvalue weighted by Crippen LogP contribution is 2.37. The lowest BCUT2D eigenvalue weighted by molar-refractivity contribution is -0.672. The number of carbonyl (C=O) groups is 1. The molecule has 0 unspecified atom stereocenters. The van der Waals surface area contributed by atoms with Crippen molar-refractivity contribution in [3.05, 3.63) is 64.6 Å². The quantitative estimate of drug-likeness (QED) is 0.182. The molecule has 0 N–H and O–H groups in total. The number of rotatable bonds is 7. The molecule has 32 heavy (non-hydrogen) atoms. The van der Waals surface area contributed by atoms with Gasteiger partial charge < -0.3 is 14.4 Å². The van der Waals surface area contributed by atoms with E-state index in [1.54, 1.807) is 54.1 Å². The van der Waals surface area contributed by atoms with Gasteiger partial charge in [-0.15, -0.1) is 0 Å². The molecule has 1 saturated carbocycles. The molecule has 9 nitrogen and oxygen atoms in total. The first-order chi connectivity index (χ1) is 15.6. The van der Waals surface area contributed by atoms with E-state index in [0.717, 1.165) is 24.6 Å². The predicted molar refractivity (Wildman–Crippen MR) is 113 cm³/mol. The Hall–Kier alpha value is -3.66. The lowest BCUT2D eigenvalue weighted by Gasteiger charge is -2.11. The Balaban J connectivity index is 1.45. The average Bonchev–Trinajstić information content (AvgIpc) is 3.58. The number of aromatic nitrogens is 4. The van der Waals surface area contributed by atoms with Crippen LogP contribution in [0.25, 0.3) is 16.6 Å². The van der Waals surface area contributed by atoms with E-state index in [1.165, 1.54) is 4.68 Å². The van der Waals surface area contributed by atoms with E-state index >= 15 is 0 Å². The number of fused-ring (bicyclic) bond motifs is 1. The Morgan fingerprint density at radius 3 is 2.72 bits per heavy atom. The van der Waals surface area contributed by atoms with E-state index in [-0.39, 0.29) is 23.0 Å². The molecule has 0 spiro atoms. The van der Waals surface area contributed by atoms with Crippen molar-refractivity contribution in [1.82, 2.24) is 14.8 Å². The molecule has 1 aliphatic carbocycles. The molecule has 0 saturated heterocycles. The Morgan fingerprint density at radius 2 is 2.00 bits per heavy atom. The zero-order chi connectivity index (χ0) is 22.2. The van der Waals surface area contributed by atoms with Crippen molar-refractivity contribution in [3.63, 3.8) is 0 Å². The first-order valence-electron chi connectivity index (χ1n) is 9.97. The maximum absolute atomic E-state index is 13.0. The number of carbonyl (C=O) groups excluding carboxylic acids is 1. The number of para-hydroxylation sites is 1. The molecule has 1 aliphatic rings. The summed E-state index contributed by atoms with van der Waals surface area (Å²) in [7, 11) is 1.54. The maximum atomic E-state index is 13.0. The van der Waals surface area contributed by atoms with Gasteiger partial charge >= 0.3 is 5.69 Å². The van der Waals surface area contributed by atoms with Crippen molar-refractivity contribution in [1.29, 1.82) is 0 Å². The Bertz CT molecular complexity index is 1380. The lowest BCUT2D eigenvalue weighted by Crippen LogP contribution is -2.39. The average molecular weight is 450 g/mol. The molecule has 0 aliphatic heterocycles. The topological polar surface area (TPSA) is 114 Å². The van der Waals surface area contributed by atoms with Crippen LogP contribution in [0, 0.1) is 0 Å². The molecule has 10 heteroatoms. The summed E-state index contributed by atoms with van der Waals surface area (Å²) in [5.74, 6) is -0.757. The predicted octanol–water partition coefficient (Wildman–Crippen LogP) is 2.05. The highest BCUT2D eigenvalue weighted by atomic mass is 32.2. The Labute approximate surface area is 186 Å². The SMILES string of the molecule is COc1ccc(-[n+]2noc([O-])c2C(=O)CSc2nc3ccccc3c(=O)n2C2CC2)cc1. The Morgan fingerprint density at radius 1 is 1.25 bits per heavy atom. The van der Waals surface area contributed by atoms with Crippen molar-refractivity contribution in [2.45, 2.75) is 24.0 Å². The van der Waals surface area contributed by atoms with Gasteiger partial charge in [-0.3, -0.25) is 14.2 Å². The number of ether oxygens (including phenoxy) is 1. The van der Waals surface area contributed by atoms with Crippen LogP contribution in [-0.2, 0) is 0 Å². The fourth-order valence-electron chi connectivity index (χ4n) is 3.46. The second-order valence-electron chi connectivity index (χ2n) is 7.35. The third-order valence-electron chi connectivity index (χ3n) is 5.21. The number of thioether (sulfide) groups is 1. The van der Waals surface area contributed by atoms with Crippen LogP contribution in [0.5, 0.6) is 11.7 Å². The van der Waals surface area contributed by atoms with Gasteiger partial charge in [-0.25, -0.2) is 4.98 Å². The second-order valence-corrected chi connectivity index (χ2v) is 8.29. The monoisotopic (exact) mass is 450 g/mol. The molecule has 5 rings (SSSR count). The minimum Gasteiger partial charge on any atom is -0.539 e. The standard InChI is InChI=1S/C22H18N4O5S/c1-30-15-10-8-14(9-11-15)26-19(21(29)31-24-26)18(27)12-32-22-23-17-5-3-2-4-16(17)20(28)25(22)13-6-7-13/h2-5,8-11,13H,6-7,12H2,1H3. The van der Waals surface area contributed by atoms with Crippen LogP contribution >= 0.6 is 11.8 Å². The molecule has 4 aromatic rings. The molecule has 0 bridgehead atoms. The second kappa shape index (κ2) is 8.12. The molecule has 162 valence electrons. The molecule has 0 amide bonds. The number of methoxy groups -OCH3 is 1. The third kappa shape index (κ3) is 3.62. The third-order valence-corrected chi connectivity index (χ3v) is 6.16. The smallest absolute Gasteiger partial charge is 0.307 e. The van der Waals surface area contributed by atoms with Crippen LogP contribution < -0.4 is 20.1 Å².